The van der Waals surface area contributed by atoms with Crippen molar-refractivity contribution < 1.29 is 64.0 Å². The molecule has 61 heavy (non-hydrogen) atoms. The normalized spacial score (nSPS) is 10.0. The minimum absolute atomic E-state index is 0.0111. The molecule has 0 amide bonds. The Balaban J connectivity index is 0.000000227. The molecule has 6 N–H and O–H groups in total. The molecule has 0 aliphatic heterocycles. The molecule has 0 atom stereocenters. The van der Waals surface area contributed by atoms with Crippen molar-refractivity contribution in [2.45, 2.75) is 19.8 Å². The molecule has 0 aliphatic rings. The third kappa shape index (κ3) is 15.7. The highest BCUT2D eigenvalue weighted by Gasteiger charge is 2.09. The lowest BCUT2D eigenvalue weighted by Crippen LogP contribution is -2.01. The van der Waals surface area contributed by atoms with Crippen molar-refractivity contribution in [3.8, 4) is 51.7 Å². The number of hydrogen-bond donors (Lipinski definition) is 6. The number of carbonyl (C=O) groups excluding carboxylic acids is 4. The Labute approximate surface area is 352 Å². The van der Waals surface area contributed by atoms with Crippen LogP contribution in [0.4, 0.5) is 0 Å². The minimum Gasteiger partial charge on any atom is -0.508 e. The number of rotatable bonds is 12. The molecule has 0 spiro atoms. The van der Waals surface area contributed by atoms with Gasteiger partial charge in [0.25, 0.3) is 0 Å². The maximum Gasteiger partial charge on any atom is 0.185 e. The maximum atomic E-state index is 12.0. The molecule has 0 radical (unpaired) electrons. The number of methoxy groups -OCH3 is 3. The molecule has 13 heteroatoms. The quantitative estimate of drug-likeness (QED) is 0.0387. The number of allylic oxidation sites excluding steroid dienone is 1. The molecule has 0 saturated heterocycles. The predicted octanol–water partition coefficient (Wildman–Crippen LogP) is 8.73. The summed E-state index contributed by atoms with van der Waals surface area (Å²) in [7, 11) is 4.38. The summed E-state index contributed by atoms with van der Waals surface area (Å²) in [6.07, 6.45) is 4.69. The maximum absolute atomic E-state index is 12.0. The summed E-state index contributed by atoms with van der Waals surface area (Å²) in [5.74, 6) is 1.55. The van der Waals surface area contributed by atoms with Gasteiger partial charge in [-0.2, -0.15) is 0 Å². The first-order chi connectivity index (χ1) is 29.2. The van der Waals surface area contributed by atoms with E-state index >= 15 is 0 Å². The number of Topliss-reactive ketones (excluding diaryl/α,β-unsaturated/α-hetero) is 2. The lowest BCUT2D eigenvalue weighted by Gasteiger charge is -2.06. The van der Waals surface area contributed by atoms with E-state index in [1.807, 2.05) is 0 Å². The highest BCUT2D eigenvalue weighted by molar-refractivity contribution is 6.06. The van der Waals surface area contributed by atoms with Gasteiger partial charge in [-0.1, -0.05) is 18.2 Å². The van der Waals surface area contributed by atoms with E-state index in [2.05, 4.69) is 0 Å². The molecule has 0 saturated carbocycles. The largest absolute Gasteiger partial charge is 0.508 e. The third-order valence-electron chi connectivity index (χ3n) is 8.47. The van der Waals surface area contributed by atoms with E-state index in [9.17, 15) is 34.5 Å². The van der Waals surface area contributed by atoms with E-state index in [0.29, 0.717) is 58.6 Å². The van der Waals surface area contributed by atoms with Gasteiger partial charge in [0, 0.05) is 28.7 Å². The highest BCUT2D eigenvalue weighted by Crippen LogP contribution is 2.28. The molecular formula is C48H46O13. The molecule has 0 fully saturated rings. The number of hydrogen-bond acceptors (Lipinski definition) is 13. The van der Waals surface area contributed by atoms with Gasteiger partial charge in [0.2, 0.25) is 0 Å². The number of phenolic OH excluding ortho intramolecular Hbond substituents is 6. The first-order valence-electron chi connectivity index (χ1n) is 18.4. The third-order valence-corrected chi connectivity index (χ3v) is 8.47. The van der Waals surface area contributed by atoms with Crippen molar-refractivity contribution in [3.63, 3.8) is 0 Å². The number of benzene rings is 6. The summed E-state index contributed by atoms with van der Waals surface area (Å²) in [6.45, 7) is 1.49. The smallest absolute Gasteiger partial charge is 0.185 e. The average Bonchev–Trinajstić information content (AvgIpc) is 3.27. The van der Waals surface area contributed by atoms with E-state index in [1.165, 1.54) is 95.0 Å². The summed E-state index contributed by atoms with van der Waals surface area (Å²) in [4.78, 5) is 44.8. The van der Waals surface area contributed by atoms with Crippen LogP contribution < -0.4 is 14.2 Å². The van der Waals surface area contributed by atoms with Gasteiger partial charge in [-0.3, -0.25) is 19.2 Å². The summed E-state index contributed by atoms with van der Waals surface area (Å²) in [5, 5.41) is 55.2. The number of aromatic hydroxyl groups is 6. The van der Waals surface area contributed by atoms with Gasteiger partial charge in [-0.15, -0.1) is 0 Å². The summed E-state index contributed by atoms with van der Waals surface area (Å²) < 4.78 is 14.8. The SMILES string of the molecule is CC(=O)c1ccc(O)cc1.COc1cc(/C=C/C(=O)c2ccc(O)cc2)ccc1O.COc1cc(C=O)ccc1O.COc1cc(CCC(=O)c2ccc(O)cc2)ccc1O. The van der Waals surface area contributed by atoms with Gasteiger partial charge in [-0.05, 0) is 146 Å². The second-order valence-electron chi connectivity index (χ2n) is 12.8. The second-order valence-corrected chi connectivity index (χ2v) is 12.8. The van der Waals surface area contributed by atoms with Crippen LogP contribution in [-0.4, -0.2) is 75.6 Å². The van der Waals surface area contributed by atoms with Crippen LogP contribution in [0.15, 0.2) is 133 Å². The Kier molecular flexibility index (Phi) is 18.6. The van der Waals surface area contributed by atoms with E-state index < -0.39 is 0 Å². The van der Waals surface area contributed by atoms with Crippen LogP contribution in [-0.2, 0) is 6.42 Å². The van der Waals surface area contributed by atoms with Crippen molar-refractivity contribution in [2.75, 3.05) is 21.3 Å². The molecule has 6 aromatic rings. The van der Waals surface area contributed by atoms with Gasteiger partial charge < -0.3 is 44.8 Å². The van der Waals surface area contributed by atoms with E-state index in [-0.39, 0.29) is 51.8 Å². The fourth-order valence-electron chi connectivity index (χ4n) is 5.08. The second kappa shape index (κ2) is 24.0. The molecular weight excluding hydrogens is 785 g/mol. The zero-order valence-corrected chi connectivity index (χ0v) is 33.8. The fourth-order valence-corrected chi connectivity index (χ4v) is 5.08. The summed E-state index contributed by atoms with van der Waals surface area (Å²) >= 11 is 0. The van der Waals surface area contributed by atoms with Crippen molar-refractivity contribution >= 4 is 29.7 Å². The first-order valence-corrected chi connectivity index (χ1v) is 18.4. The molecule has 6 rings (SSSR count). The Morgan fingerprint density at radius 2 is 0.918 bits per heavy atom. The Bertz CT molecular complexity index is 2400. The van der Waals surface area contributed by atoms with Crippen LogP contribution in [0.1, 0.15) is 65.9 Å². The number of phenols is 6. The van der Waals surface area contributed by atoms with Crippen LogP contribution >= 0.6 is 0 Å². The van der Waals surface area contributed by atoms with Gasteiger partial charge in [0.1, 0.15) is 23.5 Å². The zero-order valence-electron chi connectivity index (χ0n) is 33.8. The zero-order chi connectivity index (χ0) is 44.9. The van der Waals surface area contributed by atoms with Crippen molar-refractivity contribution in [3.05, 3.63) is 167 Å². The molecule has 316 valence electrons. The molecule has 0 heterocycles. The van der Waals surface area contributed by atoms with E-state index in [1.54, 1.807) is 72.8 Å². The molecule has 0 aliphatic carbocycles. The number of aldehydes is 1. The molecule has 6 aromatic carbocycles. The fraction of sp³-hybridized carbons (Fsp3) is 0.125. The number of ether oxygens (including phenoxy) is 3. The average molecular weight is 831 g/mol. The molecule has 0 unspecified atom stereocenters. The van der Waals surface area contributed by atoms with Gasteiger partial charge >= 0.3 is 0 Å². The van der Waals surface area contributed by atoms with Crippen LogP contribution in [0, 0.1) is 0 Å². The Morgan fingerprint density at radius 1 is 0.508 bits per heavy atom. The number of aryl methyl sites for hydroxylation is 1. The van der Waals surface area contributed by atoms with Crippen LogP contribution in [0.2, 0.25) is 0 Å². The van der Waals surface area contributed by atoms with Crippen LogP contribution in [0.5, 0.6) is 51.7 Å². The number of ketones is 3. The minimum atomic E-state index is -0.169. The highest BCUT2D eigenvalue weighted by atomic mass is 16.5. The monoisotopic (exact) mass is 830 g/mol. The molecule has 13 nitrogen and oxygen atoms in total. The van der Waals surface area contributed by atoms with E-state index in [0.717, 1.165) is 11.1 Å². The van der Waals surface area contributed by atoms with E-state index in [4.69, 9.17) is 29.5 Å². The lowest BCUT2D eigenvalue weighted by molar-refractivity contribution is 0.0980. The molecule has 0 aromatic heterocycles. The van der Waals surface area contributed by atoms with Crippen LogP contribution in [0.25, 0.3) is 6.08 Å². The van der Waals surface area contributed by atoms with Gasteiger partial charge in [0.15, 0.2) is 51.8 Å². The molecule has 0 bridgehead atoms. The topological polar surface area (TPSA) is 217 Å². The predicted molar refractivity (Wildman–Crippen MR) is 230 cm³/mol. The Morgan fingerprint density at radius 3 is 1.38 bits per heavy atom. The summed E-state index contributed by atoms with van der Waals surface area (Å²) in [5.41, 5.74) is 3.84. The van der Waals surface area contributed by atoms with Gasteiger partial charge in [0.05, 0.1) is 21.3 Å². The van der Waals surface area contributed by atoms with Crippen LogP contribution in [0.3, 0.4) is 0 Å². The first kappa shape index (κ1) is 47.3. The lowest BCUT2D eigenvalue weighted by atomic mass is 10.0. The van der Waals surface area contributed by atoms with Crippen molar-refractivity contribution in [1.82, 2.24) is 0 Å². The van der Waals surface area contributed by atoms with Gasteiger partial charge in [-0.25, -0.2) is 0 Å². The number of carbonyl (C=O) groups is 4. The standard InChI is InChI=1S/C16H16O4.C16H14O4.C8H8O3.C8H8O2/c2*1-20-16-10-11(3-9-15(16)19)2-8-14(18)12-4-6-13(17)7-5-12;1-11-8-4-6(5-9)2-3-7(8)10;1-6(9)7-2-4-8(10)5-3-7/h3-7,9-10,17,19H,2,8H2,1H3;2-10,17,19H,1H3;2-5,10H,1H3;2-5,10H,1H3/b;8-2+;;. The van der Waals surface area contributed by atoms with Crippen molar-refractivity contribution in [1.29, 1.82) is 0 Å². The Hall–Kier alpha value is -8.06. The van der Waals surface area contributed by atoms with Crippen molar-refractivity contribution in [2.24, 2.45) is 0 Å². The summed E-state index contributed by atoms with van der Waals surface area (Å²) in [6, 6.07) is 32.7.